The van der Waals surface area contributed by atoms with Gasteiger partial charge in [0, 0.05) is 22.7 Å². The van der Waals surface area contributed by atoms with Crippen molar-refractivity contribution in [2.45, 2.75) is 26.2 Å². The summed E-state index contributed by atoms with van der Waals surface area (Å²) in [7, 11) is 3.21. The van der Waals surface area contributed by atoms with Crippen LogP contribution in [-0.2, 0) is 5.41 Å². The second-order valence-corrected chi connectivity index (χ2v) is 7.16. The summed E-state index contributed by atoms with van der Waals surface area (Å²) in [6.07, 6.45) is 0. The van der Waals surface area contributed by atoms with E-state index in [1.165, 1.54) is 0 Å². The quantitative estimate of drug-likeness (QED) is 0.763. The van der Waals surface area contributed by atoms with Crippen LogP contribution in [-0.4, -0.2) is 26.8 Å². The van der Waals surface area contributed by atoms with Gasteiger partial charge < -0.3 is 20.1 Å². The fraction of sp³-hybridized carbons (Fsp3) is 0.350. The van der Waals surface area contributed by atoms with E-state index >= 15 is 0 Å². The molecule has 6 heteroatoms. The maximum Gasteiger partial charge on any atom is 0.319 e. The number of nitrogens with one attached hydrogen (secondary N) is 2. The third-order valence-electron chi connectivity index (χ3n) is 4.29. The van der Waals surface area contributed by atoms with Crippen molar-refractivity contribution >= 4 is 23.3 Å². The highest BCUT2D eigenvalue weighted by Gasteiger charge is 2.23. The number of hydrogen-bond donors (Lipinski definition) is 2. The van der Waals surface area contributed by atoms with Gasteiger partial charge in [-0.2, -0.15) is 0 Å². The molecule has 0 aliphatic rings. The lowest BCUT2D eigenvalue weighted by atomic mass is 9.84. The van der Waals surface area contributed by atoms with E-state index in [2.05, 4.69) is 24.5 Å². The lowest BCUT2D eigenvalue weighted by Gasteiger charge is -2.26. The highest BCUT2D eigenvalue weighted by atomic mass is 35.5. The molecular formula is C20H25ClN2O3. The lowest BCUT2D eigenvalue weighted by Crippen LogP contribution is -2.39. The summed E-state index contributed by atoms with van der Waals surface area (Å²) in [6, 6.07) is 10.9. The Kier molecular flexibility index (Phi) is 6.37. The first kappa shape index (κ1) is 19.9. The molecule has 140 valence electrons. The van der Waals surface area contributed by atoms with Crippen LogP contribution in [0.25, 0.3) is 0 Å². The second kappa shape index (κ2) is 8.32. The number of aryl methyl sites for hydroxylation is 1. The fourth-order valence-electron chi connectivity index (χ4n) is 2.59. The number of benzene rings is 2. The van der Waals surface area contributed by atoms with E-state index in [4.69, 9.17) is 21.1 Å². The Labute approximate surface area is 159 Å². The number of ether oxygens (including phenoxy) is 2. The number of halogens is 1. The molecule has 0 unspecified atom stereocenters. The number of carbonyl (C=O) groups excluding carboxylic acids is 1. The number of anilines is 1. The molecule has 2 aromatic carbocycles. The molecule has 2 amide bonds. The number of amides is 2. The molecule has 0 aromatic heterocycles. The van der Waals surface area contributed by atoms with Crippen LogP contribution in [0.5, 0.6) is 11.5 Å². The number of hydrogen-bond acceptors (Lipinski definition) is 3. The summed E-state index contributed by atoms with van der Waals surface area (Å²) in [5, 5.41) is 6.41. The van der Waals surface area contributed by atoms with Gasteiger partial charge in [-0.3, -0.25) is 0 Å². The summed E-state index contributed by atoms with van der Waals surface area (Å²) >= 11 is 5.94. The summed E-state index contributed by atoms with van der Waals surface area (Å²) in [4.78, 5) is 12.3. The minimum absolute atomic E-state index is 0.260. The molecule has 0 spiro atoms. The van der Waals surface area contributed by atoms with Gasteiger partial charge in [-0.15, -0.1) is 0 Å². The topological polar surface area (TPSA) is 59.6 Å². The summed E-state index contributed by atoms with van der Waals surface area (Å²) in [5.74, 6) is 1.34. The predicted octanol–water partition coefficient (Wildman–Crippen LogP) is 4.76. The Bertz CT molecular complexity index is 791. The lowest BCUT2D eigenvalue weighted by molar-refractivity contribution is 0.249. The van der Waals surface area contributed by atoms with Crippen LogP contribution in [0.1, 0.15) is 25.0 Å². The van der Waals surface area contributed by atoms with E-state index in [0.717, 1.165) is 16.8 Å². The van der Waals surface area contributed by atoms with Gasteiger partial charge in [0.2, 0.25) is 0 Å². The van der Waals surface area contributed by atoms with Crippen LogP contribution < -0.4 is 20.1 Å². The first-order valence-electron chi connectivity index (χ1n) is 8.30. The molecule has 0 radical (unpaired) electrons. The van der Waals surface area contributed by atoms with E-state index in [1.807, 2.05) is 31.2 Å². The van der Waals surface area contributed by atoms with Crippen molar-refractivity contribution in [3.63, 3.8) is 0 Å². The van der Waals surface area contributed by atoms with Gasteiger partial charge in [0.15, 0.2) is 11.5 Å². The van der Waals surface area contributed by atoms with E-state index < -0.39 is 0 Å². The Balaban J connectivity index is 2.04. The van der Waals surface area contributed by atoms with Crippen molar-refractivity contribution in [1.82, 2.24) is 5.32 Å². The Morgan fingerprint density at radius 2 is 1.77 bits per heavy atom. The second-order valence-electron chi connectivity index (χ2n) is 6.72. The number of carbonyl (C=O) groups is 1. The predicted molar refractivity (Wildman–Crippen MR) is 106 cm³/mol. The fourth-order valence-corrected chi connectivity index (χ4v) is 2.82. The maximum atomic E-state index is 12.3. The maximum absolute atomic E-state index is 12.3. The molecule has 2 aromatic rings. The van der Waals surface area contributed by atoms with Gasteiger partial charge in [0.1, 0.15) is 0 Å². The monoisotopic (exact) mass is 376 g/mol. The zero-order valence-electron chi connectivity index (χ0n) is 15.8. The molecule has 0 atom stereocenters. The van der Waals surface area contributed by atoms with Gasteiger partial charge in [0.05, 0.1) is 14.2 Å². The molecule has 0 saturated carbocycles. The molecule has 0 fully saturated rings. The summed E-state index contributed by atoms with van der Waals surface area (Å²) in [5.41, 5.74) is 2.40. The molecule has 0 aliphatic carbocycles. The van der Waals surface area contributed by atoms with Gasteiger partial charge in [-0.1, -0.05) is 31.5 Å². The summed E-state index contributed by atoms with van der Waals surface area (Å²) in [6.45, 7) is 6.47. The standard InChI is InChI=1S/C20H25ClN2O3/c1-13-10-15(21)7-8-16(13)23-19(24)22-12-20(2,3)14-6-9-17(25-4)18(11-14)26-5/h6-11H,12H2,1-5H3,(H2,22,23,24). The van der Waals surface area contributed by atoms with Gasteiger partial charge in [0.25, 0.3) is 0 Å². The van der Waals surface area contributed by atoms with Gasteiger partial charge >= 0.3 is 6.03 Å². The van der Waals surface area contributed by atoms with Crippen LogP contribution in [0.4, 0.5) is 10.5 Å². The number of rotatable bonds is 6. The Hall–Kier alpha value is -2.40. The zero-order valence-corrected chi connectivity index (χ0v) is 16.5. The minimum Gasteiger partial charge on any atom is -0.493 e. The molecule has 0 heterocycles. The van der Waals surface area contributed by atoms with Crippen molar-refractivity contribution < 1.29 is 14.3 Å². The highest BCUT2D eigenvalue weighted by molar-refractivity contribution is 6.30. The normalized spacial score (nSPS) is 11.0. The minimum atomic E-state index is -0.286. The summed E-state index contributed by atoms with van der Waals surface area (Å²) < 4.78 is 10.6. The molecule has 26 heavy (non-hydrogen) atoms. The van der Waals surface area contributed by atoms with E-state index in [0.29, 0.717) is 23.1 Å². The van der Waals surface area contributed by atoms with Crippen molar-refractivity contribution in [2.24, 2.45) is 0 Å². The zero-order chi connectivity index (χ0) is 19.3. The molecular weight excluding hydrogens is 352 g/mol. The SMILES string of the molecule is COc1ccc(C(C)(C)CNC(=O)Nc2ccc(Cl)cc2C)cc1OC. The van der Waals surface area contributed by atoms with Gasteiger partial charge in [-0.05, 0) is 48.4 Å². The van der Waals surface area contributed by atoms with E-state index in [9.17, 15) is 4.79 Å². The Morgan fingerprint density at radius 1 is 1.08 bits per heavy atom. The molecule has 0 aliphatic heterocycles. The van der Waals surface area contributed by atoms with Crippen molar-refractivity contribution in [3.05, 3.63) is 52.5 Å². The number of urea groups is 1. The van der Waals surface area contributed by atoms with Crippen molar-refractivity contribution in [1.29, 1.82) is 0 Å². The average Bonchev–Trinajstić information content (AvgIpc) is 2.61. The van der Waals surface area contributed by atoms with E-state index in [1.54, 1.807) is 26.4 Å². The van der Waals surface area contributed by atoms with E-state index in [-0.39, 0.29) is 11.4 Å². The Morgan fingerprint density at radius 3 is 2.38 bits per heavy atom. The van der Waals surface area contributed by atoms with Crippen LogP contribution in [0.15, 0.2) is 36.4 Å². The highest BCUT2D eigenvalue weighted by Crippen LogP contribution is 2.32. The molecule has 0 saturated heterocycles. The molecule has 2 rings (SSSR count). The molecule has 0 bridgehead atoms. The first-order chi connectivity index (χ1) is 12.3. The van der Waals surface area contributed by atoms with Gasteiger partial charge in [-0.25, -0.2) is 4.79 Å². The van der Waals surface area contributed by atoms with Crippen LogP contribution in [0, 0.1) is 6.92 Å². The third-order valence-corrected chi connectivity index (χ3v) is 4.53. The van der Waals surface area contributed by atoms with Crippen LogP contribution in [0.3, 0.4) is 0 Å². The van der Waals surface area contributed by atoms with Crippen molar-refractivity contribution in [2.75, 3.05) is 26.1 Å². The first-order valence-corrected chi connectivity index (χ1v) is 8.68. The van der Waals surface area contributed by atoms with Crippen LogP contribution in [0.2, 0.25) is 5.02 Å². The smallest absolute Gasteiger partial charge is 0.319 e. The number of methoxy groups -OCH3 is 2. The molecule has 5 nitrogen and oxygen atoms in total. The van der Waals surface area contributed by atoms with Crippen molar-refractivity contribution in [3.8, 4) is 11.5 Å². The largest absolute Gasteiger partial charge is 0.493 e. The third kappa shape index (κ3) is 4.82. The average molecular weight is 377 g/mol. The molecule has 2 N–H and O–H groups in total. The van der Waals surface area contributed by atoms with Crippen LogP contribution >= 0.6 is 11.6 Å².